The maximum absolute atomic E-state index is 5.04. The fourth-order valence-corrected chi connectivity index (χ4v) is 1.02. The molecular formula is C9H19NO. The first-order valence-corrected chi connectivity index (χ1v) is 4.12. The standard InChI is InChI=1S/C9H19NO/c1-4-5-6-7-9(10-2)8-11-3/h4,9-10H,1,5-8H2,2-3H3. The first-order chi connectivity index (χ1) is 5.35. The molecule has 0 aromatic heterocycles. The lowest BCUT2D eigenvalue weighted by molar-refractivity contribution is 0.165. The Labute approximate surface area is 69.6 Å². The molecule has 2 nitrogen and oxygen atoms in total. The van der Waals surface area contributed by atoms with Crippen molar-refractivity contribution in [3.05, 3.63) is 12.7 Å². The lowest BCUT2D eigenvalue weighted by Crippen LogP contribution is -2.29. The molecule has 0 aliphatic carbocycles. The van der Waals surface area contributed by atoms with Gasteiger partial charge in [0.1, 0.15) is 0 Å². The Morgan fingerprint density at radius 3 is 2.82 bits per heavy atom. The summed E-state index contributed by atoms with van der Waals surface area (Å²) in [6.45, 7) is 4.48. The molecule has 1 unspecified atom stereocenters. The highest BCUT2D eigenvalue weighted by molar-refractivity contribution is 4.69. The van der Waals surface area contributed by atoms with Crippen molar-refractivity contribution in [2.24, 2.45) is 0 Å². The van der Waals surface area contributed by atoms with Crippen molar-refractivity contribution in [3.8, 4) is 0 Å². The molecule has 2 heteroatoms. The largest absolute Gasteiger partial charge is 0.383 e. The maximum Gasteiger partial charge on any atom is 0.0615 e. The van der Waals surface area contributed by atoms with E-state index in [-0.39, 0.29) is 0 Å². The van der Waals surface area contributed by atoms with Gasteiger partial charge in [-0.15, -0.1) is 6.58 Å². The van der Waals surface area contributed by atoms with E-state index in [1.165, 1.54) is 6.42 Å². The number of rotatable bonds is 7. The van der Waals surface area contributed by atoms with Crippen LogP contribution in [0.1, 0.15) is 19.3 Å². The van der Waals surface area contributed by atoms with E-state index in [9.17, 15) is 0 Å². The summed E-state index contributed by atoms with van der Waals surface area (Å²) in [4.78, 5) is 0. The second kappa shape index (κ2) is 7.76. The molecule has 0 saturated heterocycles. The minimum atomic E-state index is 0.500. The summed E-state index contributed by atoms with van der Waals surface area (Å²) < 4.78 is 5.04. The van der Waals surface area contributed by atoms with Crippen LogP contribution in [-0.2, 0) is 4.74 Å². The minimum Gasteiger partial charge on any atom is -0.383 e. The molecule has 1 atom stereocenters. The van der Waals surface area contributed by atoms with Gasteiger partial charge in [-0.1, -0.05) is 6.08 Å². The molecule has 0 aromatic rings. The third kappa shape index (κ3) is 6.07. The SMILES string of the molecule is C=CCCCC(COC)NC. The topological polar surface area (TPSA) is 21.3 Å². The number of likely N-dealkylation sites (N-methyl/N-ethyl adjacent to an activating group) is 1. The first-order valence-electron chi connectivity index (χ1n) is 4.12. The smallest absolute Gasteiger partial charge is 0.0615 e. The van der Waals surface area contributed by atoms with Crippen molar-refractivity contribution < 1.29 is 4.74 Å². The number of hydrogen-bond donors (Lipinski definition) is 1. The molecule has 0 aliphatic heterocycles. The molecule has 0 aromatic carbocycles. The van der Waals surface area contributed by atoms with E-state index in [1.807, 2.05) is 13.1 Å². The van der Waals surface area contributed by atoms with Crippen LogP contribution in [0.15, 0.2) is 12.7 Å². The highest BCUT2D eigenvalue weighted by Crippen LogP contribution is 2.00. The van der Waals surface area contributed by atoms with Crippen LogP contribution < -0.4 is 5.32 Å². The zero-order valence-electron chi connectivity index (χ0n) is 7.60. The number of nitrogens with one attached hydrogen (secondary N) is 1. The van der Waals surface area contributed by atoms with Crippen LogP contribution in [0.4, 0.5) is 0 Å². The van der Waals surface area contributed by atoms with E-state index in [1.54, 1.807) is 7.11 Å². The fourth-order valence-electron chi connectivity index (χ4n) is 1.02. The number of hydrogen-bond acceptors (Lipinski definition) is 2. The minimum absolute atomic E-state index is 0.500. The summed E-state index contributed by atoms with van der Waals surface area (Å²) >= 11 is 0. The van der Waals surface area contributed by atoms with E-state index >= 15 is 0 Å². The molecule has 11 heavy (non-hydrogen) atoms. The van der Waals surface area contributed by atoms with Crippen LogP contribution in [0.25, 0.3) is 0 Å². The molecule has 0 fully saturated rings. The van der Waals surface area contributed by atoms with E-state index in [0.717, 1.165) is 19.4 Å². The Kier molecular flexibility index (Phi) is 7.52. The number of ether oxygens (including phenoxy) is 1. The third-order valence-electron chi connectivity index (χ3n) is 1.74. The summed E-state index contributed by atoms with van der Waals surface area (Å²) in [6, 6.07) is 0.500. The maximum atomic E-state index is 5.04. The Hall–Kier alpha value is -0.340. The van der Waals surface area contributed by atoms with Crippen LogP contribution in [0.5, 0.6) is 0 Å². The van der Waals surface area contributed by atoms with Gasteiger partial charge < -0.3 is 10.1 Å². The molecular weight excluding hydrogens is 138 g/mol. The molecule has 0 radical (unpaired) electrons. The Morgan fingerprint density at radius 1 is 1.64 bits per heavy atom. The van der Waals surface area contributed by atoms with Crippen LogP contribution in [0.2, 0.25) is 0 Å². The quantitative estimate of drug-likeness (QED) is 0.447. The van der Waals surface area contributed by atoms with Crippen LogP contribution in [-0.4, -0.2) is 26.8 Å². The summed E-state index contributed by atoms with van der Waals surface area (Å²) in [5.41, 5.74) is 0. The Bertz CT molecular complexity index is 93.6. The zero-order valence-corrected chi connectivity index (χ0v) is 7.60. The van der Waals surface area contributed by atoms with E-state index < -0.39 is 0 Å². The molecule has 0 spiro atoms. The molecule has 0 saturated carbocycles. The number of unbranched alkanes of at least 4 members (excludes halogenated alkanes) is 1. The van der Waals surface area contributed by atoms with Crippen molar-refractivity contribution in [1.82, 2.24) is 5.32 Å². The summed E-state index contributed by atoms with van der Waals surface area (Å²) in [5.74, 6) is 0. The Morgan fingerprint density at radius 2 is 2.36 bits per heavy atom. The van der Waals surface area contributed by atoms with Crippen LogP contribution in [0.3, 0.4) is 0 Å². The lowest BCUT2D eigenvalue weighted by Gasteiger charge is -2.13. The van der Waals surface area contributed by atoms with Crippen molar-refractivity contribution in [1.29, 1.82) is 0 Å². The van der Waals surface area contributed by atoms with Gasteiger partial charge in [-0.2, -0.15) is 0 Å². The van der Waals surface area contributed by atoms with Crippen LogP contribution in [0, 0.1) is 0 Å². The average Bonchev–Trinajstić information content (AvgIpc) is 2.03. The molecule has 0 aliphatic rings. The van der Waals surface area contributed by atoms with Crippen molar-refractivity contribution >= 4 is 0 Å². The van der Waals surface area contributed by atoms with Gasteiger partial charge in [0.2, 0.25) is 0 Å². The van der Waals surface area contributed by atoms with Gasteiger partial charge in [0.15, 0.2) is 0 Å². The van der Waals surface area contributed by atoms with Gasteiger partial charge in [0.05, 0.1) is 6.61 Å². The average molecular weight is 157 g/mol. The number of methoxy groups -OCH3 is 1. The van der Waals surface area contributed by atoms with Gasteiger partial charge in [-0.3, -0.25) is 0 Å². The molecule has 0 rings (SSSR count). The van der Waals surface area contributed by atoms with Gasteiger partial charge >= 0.3 is 0 Å². The molecule has 0 heterocycles. The summed E-state index contributed by atoms with van der Waals surface area (Å²) in [7, 11) is 3.70. The predicted octanol–water partition coefficient (Wildman–Crippen LogP) is 1.58. The van der Waals surface area contributed by atoms with Gasteiger partial charge in [0.25, 0.3) is 0 Å². The first kappa shape index (κ1) is 10.7. The monoisotopic (exact) mass is 157 g/mol. The second-order valence-corrected chi connectivity index (χ2v) is 2.66. The predicted molar refractivity (Wildman–Crippen MR) is 48.8 cm³/mol. The van der Waals surface area contributed by atoms with Gasteiger partial charge in [0, 0.05) is 13.2 Å². The van der Waals surface area contributed by atoms with E-state index in [0.29, 0.717) is 6.04 Å². The normalized spacial score (nSPS) is 12.9. The van der Waals surface area contributed by atoms with Crippen molar-refractivity contribution in [2.75, 3.05) is 20.8 Å². The molecule has 1 N–H and O–H groups in total. The highest BCUT2D eigenvalue weighted by atomic mass is 16.5. The van der Waals surface area contributed by atoms with Gasteiger partial charge in [-0.05, 0) is 26.3 Å². The molecule has 0 bridgehead atoms. The second-order valence-electron chi connectivity index (χ2n) is 2.66. The Balaban J connectivity index is 3.27. The third-order valence-corrected chi connectivity index (χ3v) is 1.74. The van der Waals surface area contributed by atoms with Crippen LogP contribution >= 0.6 is 0 Å². The summed E-state index contributed by atoms with van der Waals surface area (Å²) in [6.07, 6.45) is 5.41. The van der Waals surface area contributed by atoms with Crippen molar-refractivity contribution in [3.63, 3.8) is 0 Å². The van der Waals surface area contributed by atoms with Gasteiger partial charge in [-0.25, -0.2) is 0 Å². The fraction of sp³-hybridized carbons (Fsp3) is 0.778. The number of allylic oxidation sites excluding steroid dienone is 1. The van der Waals surface area contributed by atoms with Crippen molar-refractivity contribution in [2.45, 2.75) is 25.3 Å². The summed E-state index contributed by atoms with van der Waals surface area (Å²) in [5, 5.41) is 3.20. The molecule has 66 valence electrons. The highest BCUT2D eigenvalue weighted by Gasteiger charge is 2.02. The molecule has 0 amide bonds. The van der Waals surface area contributed by atoms with E-state index in [4.69, 9.17) is 4.74 Å². The van der Waals surface area contributed by atoms with E-state index in [2.05, 4.69) is 11.9 Å². The lowest BCUT2D eigenvalue weighted by atomic mass is 10.1. The zero-order chi connectivity index (χ0) is 8.53.